The van der Waals surface area contributed by atoms with Crippen molar-refractivity contribution in [1.82, 2.24) is 10.2 Å². The van der Waals surface area contributed by atoms with Crippen LogP contribution in [0.4, 0.5) is 0 Å². The van der Waals surface area contributed by atoms with Crippen molar-refractivity contribution in [2.45, 2.75) is 26.3 Å². The van der Waals surface area contributed by atoms with Crippen molar-refractivity contribution < 1.29 is 4.79 Å². The Morgan fingerprint density at radius 3 is 2.62 bits per heavy atom. The predicted molar refractivity (Wildman–Crippen MR) is 51.0 cm³/mol. The van der Waals surface area contributed by atoms with Crippen molar-refractivity contribution in [2.24, 2.45) is 0 Å². The molecular formula is C9H17N3O. The maximum absolute atomic E-state index is 10.9. The lowest BCUT2D eigenvalue weighted by Gasteiger charge is -2.22. The third kappa shape index (κ3) is 5.21. The van der Waals surface area contributed by atoms with Crippen LogP contribution in [0.1, 0.15) is 20.3 Å². The van der Waals surface area contributed by atoms with Gasteiger partial charge in [-0.15, -0.1) is 0 Å². The number of hydrogen-bond acceptors (Lipinski definition) is 3. The van der Waals surface area contributed by atoms with Gasteiger partial charge in [0.05, 0.1) is 12.6 Å². The average molecular weight is 183 g/mol. The highest BCUT2D eigenvalue weighted by Gasteiger charge is 2.09. The third-order valence-corrected chi connectivity index (χ3v) is 1.91. The molecule has 0 saturated heterocycles. The summed E-state index contributed by atoms with van der Waals surface area (Å²) in [6.45, 7) is 5.06. The molecule has 0 bridgehead atoms. The predicted octanol–water partition coefficient (Wildman–Crippen LogP) is 0.356. The van der Waals surface area contributed by atoms with Gasteiger partial charge < -0.3 is 5.32 Å². The van der Waals surface area contributed by atoms with Crippen LogP contribution >= 0.6 is 0 Å². The van der Waals surface area contributed by atoms with Crippen molar-refractivity contribution in [3.63, 3.8) is 0 Å². The van der Waals surface area contributed by atoms with Crippen LogP contribution in [0.15, 0.2) is 0 Å². The Hall–Kier alpha value is -1.08. The van der Waals surface area contributed by atoms with Gasteiger partial charge in [0.15, 0.2) is 0 Å². The Balaban J connectivity index is 3.83. The van der Waals surface area contributed by atoms with Crippen LogP contribution < -0.4 is 5.32 Å². The molecule has 0 radical (unpaired) electrons. The van der Waals surface area contributed by atoms with E-state index in [0.717, 1.165) is 0 Å². The molecule has 4 nitrogen and oxygen atoms in total. The molecule has 1 N–H and O–H groups in total. The third-order valence-electron chi connectivity index (χ3n) is 1.91. The summed E-state index contributed by atoms with van der Waals surface area (Å²) >= 11 is 0. The fourth-order valence-electron chi connectivity index (χ4n) is 0.981. The van der Waals surface area contributed by atoms with E-state index < -0.39 is 0 Å². The van der Waals surface area contributed by atoms with E-state index in [2.05, 4.69) is 11.4 Å². The molecule has 0 fully saturated rings. The van der Waals surface area contributed by atoms with Gasteiger partial charge in [0.25, 0.3) is 0 Å². The van der Waals surface area contributed by atoms with Gasteiger partial charge in [-0.3, -0.25) is 9.69 Å². The largest absolute Gasteiger partial charge is 0.359 e. The van der Waals surface area contributed by atoms with E-state index in [0.29, 0.717) is 25.6 Å². The first-order chi connectivity index (χ1) is 6.11. The number of carbonyl (C=O) groups excluding carboxylic acids is 1. The quantitative estimate of drug-likeness (QED) is 0.626. The van der Waals surface area contributed by atoms with Gasteiger partial charge in [-0.05, 0) is 13.8 Å². The maximum atomic E-state index is 10.9. The van der Waals surface area contributed by atoms with E-state index >= 15 is 0 Å². The SMILES string of the molecule is CNC(=O)CCN(CC#N)C(C)C. The van der Waals surface area contributed by atoms with Gasteiger partial charge in [0, 0.05) is 26.1 Å². The zero-order valence-electron chi connectivity index (χ0n) is 8.50. The number of nitriles is 1. The summed E-state index contributed by atoms with van der Waals surface area (Å²) in [5, 5.41) is 11.1. The molecule has 0 aliphatic heterocycles. The molecular weight excluding hydrogens is 166 g/mol. The number of carbonyl (C=O) groups is 1. The number of nitrogens with one attached hydrogen (secondary N) is 1. The van der Waals surface area contributed by atoms with Crippen molar-refractivity contribution >= 4 is 5.91 Å². The summed E-state index contributed by atoms with van der Waals surface area (Å²) in [6.07, 6.45) is 0.455. The first-order valence-electron chi connectivity index (χ1n) is 4.43. The Bertz CT molecular complexity index is 196. The van der Waals surface area contributed by atoms with Crippen LogP contribution in [0.25, 0.3) is 0 Å². The van der Waals surface area contributed by atoms with Crippen molar-refractivity contribution in [3.05, 3.63) is 0 Å². The van der Waals surface area contributed by atoms with Gasteiger partial charge in [0.1, 0.15) is 0 Å². The minimum atomic E-state index is 0.0172. The maximum Gasteiger partial charge on any atom is 0.221 e. The van der Waals surface area contributed by atoms with Crippen LogP contribution in [0, 0.1) is 11.3 Å². The summed E-state index contributed by atoms with van der Waals surface area (Å²) in [6, 6.07) is 2.39. The molecule has 74 valence electrons. The van der Waals surface area contributed by atoms with Gasteiger partial charge in [-0.2, -0.15) is 5.26 Å². The van der Waals surface area contributed by atoms with Crippen LogP contribution in [0.2, 0.25) is 0 Å². The zero-order valence-corrected chi connectivity index (χ0v) is 8.50. The molecule has 0 atom stereocenters. The molecule has 0 aliphatic carbocycles. The molecule has 1 amide bonds. The second kappa shape index (κ2) is 6.44. The van der Waals surface area contributed by atoms with Gasteiger partial charge >= 0.3 is 0 Å². The number of amides is 1. The fraction of sp³-hybridized carbons (Fsp3) is 0.778. The molecule has 13 heavy (non-hydrogen) atoms. The average Bonchev–Trinajstić information content (AvgIpc) is 2.11. The van der Waals surface area contributed by atoms with E-state index in [-0.39, 0.29) is 5.91 Å². The monoisotopic (exact) mass is 183 g/mol. The minimum absolute atomic E-state index is 0.0172. The molecule has 0 aromatic carbocycles. The smallest absolute Gasteiger partial charge is 0.221 e. The molecule has 0 heterocycles. The number of nitrogens with zero attached hydrogens (tertiary/aromatic N) is 2. The van der Waals surface area contributed by atoms with Crippen LogP contribution in [-0.4, -0.2) is 37.0 Å². The van der Waals surface area contributed by atoms with Crippen LogP contribution in [-0.2, 0) is 4.79 Å². The first kappa shape index (κ1) is 11.9. The second-order valence-electron chi connectivity index (χ2n) is 3.15. The molecule has 0 rings (SSSR count). The Kier molecular flexibility index (Phi) is 5.90. The van der Waals surface area contributed by atoms with Crippen molar-refractivity contribution in [1.29, 1.82) is 5.26 Å². The highest BCUT2D eigenvalue weighted by atomic mass is 16.1. The van der Waals surface area contributed by atoms with E-state index in [9.17, 15) is 4.79 Å². The Morgan fingerprint density at radius 1 is 1.62 bits per heavy atom. The van der Waals surface area contributed by atoms with Crippen molar-refractivity contribution in [2.75, 3.05) is 20.1 Å². The normalized spacial score (nSPS) is 10.2. The van der Waals surface area contributed by atoms with E-state index in [1.807, 2.05) is 18.7 Å². The highest BCUT2D eigenvalue weighted by molar-refractivity contribution is 5.75. The topological polar surface area (TPSA) is 56.1 Å². The lowest BCUT2D eigenvalue weighted by molar-refractivity contribution is -0.120. The van der Waals surface area contributed by atoms with Gasteiger partial charge in [-0.1, -0.05) is 0 Å². The Morgan fingerprint density at radius 2 is 2.23 bits per heavy atom. The molecule has 0 unspecified atom stereocenters. The van der Waals surface area contributed by atoms with Gasteiger partial charge in [0.2, 0.25) is 5.91 Å². The first-order valence-corrected chi connectivity index (χ1v) is 4.43. The molecule has 4 heteroatoms. The van der Waals surface area contributed by atoms with Crippen LogP contribution in [0.3, 0.4) is 0 Å². The molecule has 0 saturated carbocycles. The lowest BCUT2D eigenvalue weighted by atomic mass is 10.3. The summed E-state index contributed by atoms with van der Waals surface area (Å²) in [7, 11) is 1.62. The van der Waals surface area contributed by atoms with E-state index in [1.165, 1.54) is 0 Å². The summed E-state index contributed by atoms with van der Waals surface area (Å²) in [5.74, 6) is 0.0172. The Labute approximate surface area is 79.5 Å². The second-order valence-corrected chi connectivity index (χ2v) is 3.15. The summed E-state index contributed by atoms with van der Waals surface area (Å²) < 4.78 is 0. The van der Waals surface area contributed by atoms with Gasteiger partial charge in [-0.25, -0.2) is 0 Å². The number of hydrogen-bond donors (Lipinski definition) is 1. The minimum Gasteiger partial charge on any atom is -0.359 e. The molecule has 0 aromatic heterocycles. The fourth-order valence-corrected chi connectivity index (χ4v) is 0.981. The van der Waals surface area contributed by atoms with E-state index in [4.69, 9.17) is 5.26 Å². The lowest BCUT2D eigenvalue weighted by Crippen LogP contribution is -2.34. The van der Waals surface area contributed by atoms with Crippen LogP contribution in [0.5, 0.6) is 0 Å². The zero-order chi connectivity index (χ0) is 10.3. The highest BCUT2D eigenvalue weighted by Crippen LogP contribution is 1.98. The molecule has 0 aliphatic rings. The molecule has 0 aromatic rings. The summed E-state index contributed by atoms with van der Waals surface area (Å²) in [4.78, 5) is 12.9. The molecule has 0 spiro atoms. The standard InChI is InChI=1S/C9H17N3O/c1-8(2)12(7-5-10)6-4-9(13)11-3/h8H,4,6-7H2,1-3H3,(H,11,13). The summed E-state index contributed by atoms with van der Waals surface area (Å²) in [5.41, 5.74) is 0. The van der Waals surface area contributed by atoms with Crippen molar-refractivity contribution in [3.8, 4) is 6.07 Å². The number of rotatable bonds is 5. The van der Waals surface area contributed by atoms with E-state index in [1.54, 1.807) is 7.05 Å².